The number of fused-ring (bicyclic) bond motifs is 3. The molecule has 4 aromatic heterocycles. The summed E-state index contributed by atoms with van der Waals surface area (Å²) >= 11 is 0. The Bertz CT molecular complexity index is 1720. The summed E-state index contributed by atoms with van der Waals surface area (Å²) in [6.07, 6.45) is 4.44. The average molecular weight is 626 g/mol. The first-order chi connectivity index (χ1) is 18.6. The van der Waals surface area contributed by atoms with Gasteiger partial charge in [-0.1, -0.05) is 35.2 Å². The molecule has 0 unspecified atom stereocenters. The summed E-state index contributed by atoms with van der Waals surface area (Å²) in [4.78, 5) is 12.6. The van der Waals surface area contributed by atoms with Gasteiger partial charge in [-0.05, 0) is 48.4 Å². The first-order valence-corrected chi connectivity index (χ1v) is 10.2. The van der Waals surface area contributed by atoms with E-state index >= 15 is 0 Å². The molecule has 6 aromatic rings. The number of aromatic nitrogens is 3. The van der Waals surface area contributed by atoms with Crippen LogP contribution in [0.25, 0.3) is 44.6 Å². The van der Waals surface area contributed by atoms with Gasteiger partial charge in [-0.15, -0.1) is 54.1 Å². The molecule has 0 atom stereocenters. The fourth-order valence-corrected chi connectivity index (χ4v) is 3.41. The van der Waals surface area contributed by atoms with Crippen LogP contribution in [0.4, 0.5) is 0 Å². The molecule has 0 fully saturated rings. The first kappa shape index (κ1) is 16.9. The fraction of sp³-hybridized carbons (Fsp3) is 0.0690. The van der Waals surface area contributed by atoms with Gasteiger partial charge in [-0.3, -0.25) is 0 Å². The first-order valence-electron chi connectivity index (χ1n) is 13.2. The number of nitrogens with zero attached hydrogens (tertiary/aromatic N) is 3. The molecule has 4 heterocycles. The van der Waals surface area contributed by atoms with E-state index in [1.165, 1.54) is 12.4 Å². The normalized spacial score (nSPS) is 13.8. The van der Waals surface area contributed by atoms with Crippen molar-refractivity contribution in [3.8, 4) is 22.5 Å². The summed E-state index contributed by atoms with van der Waals surface area (Å²) in [5, 5.41) is 1.86. The van der Waals surface area contributed by atoms with Crippen molar-refractivity contribution in [1.82, 2.24) is 15.0 Å². The third kappa shape index (κ3) is 4.96. The molecule has 6 rings (SSSR count). The molecule has 34 heavy (non-hydrogen) atoms. The van der Waals surface area contributed by atoms with E-state index in [2.05, 4.69) is 27.1 Å². The Morgan fingerprint density at radius 1 is 0.735 bits per heavy atom. The Hall–Kier alpha value is -3.66. The van der Waals surface area contributed by atoms with E-state index in [0.29, 0.717) is 22.6 Å². The molecule has 0 spiro atoms. The molecular weight excluding hydrogens is 599 g/mol. The van der Waals surface area contributed by atoms with Gasteiger partial charge in [0, 0.05) is 52.3 Å². The fourth-order valence-electron chi connectivity index (χ4n) is 3.41. The Labute approximate surface area is 220 Å². The van der Waals surface area contributed by atoms with Gasteiger partial charge in [0.05, 0.1) is 5.58 Å². The molecule has 0 aliphatic heterocycles. The van der Waals surface area contributed by atoms with Gasteiger partial charge in [-0.25, -0.2) is 4.98 Å². The maximum Gasteiger partial charge on any atom is 0.216 e. The van der Waals surface area contributed by atoms with Crippen LogP contribution in [0.1, 0.15) is 19.4 Å². The van der Waals surface area contributed by atoms with Gasteiger partial charge >= 0.3 is 0 Å². The third-order valence-electron chi connectivity index (χ3n) is 4.98. The number of hydrogen-bond acceptors (Lipinski definition) is 4. The van der Waals surface area contributed by atoms with Crippen molar-refractivity contribution in [2.24, 2.45) is 0 Å². The average Bonchev–Trinajstić information content (AvgIpc) is 3.32. The molecule has 2 aromatic carbocycles. The summed E-state index contributed by atoms with van der Waals surface area (Å²) < 4.78 is 49.8. The van der Waals surface area contributed by atoms with Crippen molar-refractivity contribution in [2.45, 2.75) is 13.7 Å². The van der Waals surface area contributed by atoms with Crippen LogP contribution in [0.2, 0.25) is 0 Å². The molecule has 169 valence electrons. The predicted octanol–water partition coefficient (Wildman–Crippen LogP) is 7.01. The van der Waals surface area contributed by atoms with Crippen LogP contribution >= 0.6 is 0 Å². The molecule has 0 aliphatic rings. The van der Waals surface area contributed by atoms with Gasteiger partial charge in [0.25, 0.3) is 0 Å². The zero-order valence-electron chi connectivity index (χ0n) is 23.7. The summed E-state index contributed by atoms with van der Waals surface area (Å²) in [5.41, 5.74) is 4.57. The number of furan rings is 1. The van der Waals surface area contributed by atoms with Crippen molar-refractivity contribution in [1.29, 1.82) is 0 Å². The van der Waals surface area contributed by atoms with Crippen LogP contribution in [0, 0.1) is 25.8 Å². The summed E-state index contributed by atoms with van der Waals surface area (Å²) in [5.74, 6) is 0. The van der Waals surface area contributed by atoms with E-state index in [1.54, 1.807) is 42.6 Å². The smallest absolute Gasteiger partial charge is 0.216 e. The maximum absolute atomic E-state index is 7.41. The van der Waals surface area contributed by atoms with Crippen molar-refractivity contribution < 1.29 is 32.7 Å². The van der Waals surface area contributed by atoms with Crippen LogP contribution in [-0.4, -0.2) is 15.0 Å². The number of hydrogen-bond donors (Lipinski definition) is 0. The second-order valence-electron chi connectivity index (χ2n) is 7.19. The number of aryl methyl sites for hydroxylation is 2. The predicted molar refractivity (Wildman–Crippen MR) is 132 cm³/mol. The minimum atomic E-state index is -2.16. The molecule has 5 heteroatoms. The van der Waals surface area contributed by atoms with E-state index in [1.807, 2.05) is 36.4 Å². The molecule has 4 nitrogen and oxygen atoms in total. The van der Waals surface area contributed by atoms with Crippen LogP contribution in [0.5, 0.6) is 0 Å². The van der Waals surface area contributed by atoms with Gasteiger partial charge in [0.1, 0.15) is 0 Å². The standard InChI is InChI=1S/C17H11N2O.C12H10N.Ir/c1-11-7-8-15(19-10-11)14-5-2-4-12-13-6-3-9-18-17(13)20-16(12)14;1-10-7-8-12(13-9-10)11-5-3-2-4-6-11;/h2-4,6-10H,1H3;2-5,7-9H,1H3;/q2*-1;/i2*1D3;. The van der Waals surface area contributed by atoms with Crippen molar-refractivity contribution in [3.05, 3.63) is 115 Å². The zero-order chi connectivity index (χ0) is 27.6. The number of pyridine rings is 3. The maximum atomic E-state index is 7.41. The summed E-state index contributed by atoms with van der Waals surface area (Å²) in [7, 11) is 0. The molecule has 0 saturated carbocycles. The van der Waals surface area contributed by atoms with E-state index < -0.39 is 13.7 Å². The van der Waals surface area contributed by atoms with Gasteiger partial charge in [0.2, 0.25) is 5.71 Å². The zero-order valence-corrected chi connectivity index (χ0v) is 20.1. The topological polar surface area (TPSA) is 51.8 Å². The molecule has 0 N–H and O–H groups in total. The summed E-state index contributed by atoms with van der Waals surface area (Å²) in [6.45, 7) is -4.25. The van der Waals surface area contributed by atoms with Crippen molar-refractivity contribution >= 4 is 22.1 Å². The Kier molecular flexibility index (Phi) is 5.22. The Morgan fingerprint density at radius 2 is 1.53 bits per heavy atom. The Morgan fingerprint density at radius 3 is 2.21 bits per heavy atom. The van der Waals surface area contributed by atoms with Crippen molar-refractivity contribution in [2.75, 3.05) is 0 Å². The molecule has 1 radical (unpaired) electrons. The summed E-state index contributed by atoms with van der Waals surface area (Å²) in [6, 6.07) is 27.7. The SMILES string of the molecule is [2H]C([2H])([2H])c1ccc(-c2[c-]ccc3c2oc2ncccc23)nc1.[2H]C([2H])([2H])c1ccc(-c2[c-]cccc2)nc1.[Ir]. The van der Waals surface area contributed by atoms with Crippen LogP contribution < -0.4 is 0 Å². The molecule has 0 bridgehead atoms. The quantitative estimate of drug-likeness (QED) is 0.195. The second-order valence-corrected chi connectivity index (χ2v) is 7.19. The molecular formula is C29H21IrN3O-2. The van der Waals surface area contributed by atoms with E-state index in [0.717, 1.165) is 22.0 Å². The molecule has 0 saturated heterocycles. The van der Waals surface area contributed by atoms with Gasteiger partial charge < -0.3 is 14.4 Å². The largest absolute Gasteiger partial charge is 0.486 e. The number of rotatable bonds is 2. The molecule has 0 amide bonds. The van der Waals surface area contributed by atoms with Gasteiger partial charge in [0.15, 0.2) is 0 Å². The van der Waals surface area contributed by atoms with E-state index in [4.69, 9.17) is 12.6 Å². The monoisotopic (exact) mass is 626 g/mol. The minimum Gasteiger partial charge on any atom is -0.486 e. The van der Waals surface area contributed by atoms with Crippen LogP contribution in [0.15, 0.2) is 95.8 Å². The Balaban J connectivity index is 0.000000192. The number of benzene rings is 2. The third-order valence-corrected chi connectivity index (χ3v) is 4.98. The van der Waals surface area contributed by atoms with Crippen molar-refractivity contribution in [3.63, 3.8) is 0 Å². The molecule has 0 aliphatic carbocycles. The van der Waals surface area contributed by atoms with Crippen LogP contribution in [-0.2, 0) is 20.1 Å². The van der Waals surface area contributed by atoms with E-state index in [9.17, 15) is 0 Å². The van der Waals surface area contributed by atoms with E-state index in [-0.39, 0.29) is 31.2 Å². The van der Waals surface area contributed by atoms with Crippen LogP contribution in [0.3, 0.4) is 0 Å². The second kappa shape index (κ2) is 10.5. The van der Waals surface area contributed by atoms with Gasteiger partial charge in [-0.2, -0.15) is 0 Å². The minimum absolute atomic E-state index is 0.